The van der Waals surface area contributed by atoms with Crippen LogP contribution in [0.5, 0.6) is 5.75 Å². The van der Waals surface area contributed by atoms with Gasteiger partial charge in [0.2, 0.25) is 0 Å². The molecule has 5 heteroatoms. The van der Waals surface area contributed by atoms with Crippen LogP contribution in [-0.2, 0) is 11.3 Å². The number of carbonyl (C=O) groups is 1. The van der Waals surface area contributed by atoms with Crippen molar-refractivity contribution in [3.05, 3.63) is 64.7 Å². The smallest absolute Gasteiger partial charge is 0.335 e. The molecule has 0 aliphatic carbocycles. The first kappa shape index (κ1) is 15.4. The maximum atomic E-state index is 10.8. The molecular weight excluding hydrogens is 292 g/mol. The molecule has 0 aliphatic heterocycles. The zero-order valence-corrected chi connectivity index (χ0v) is 12.0. The summed E-state index contributed by atoms with van der Waals surface area (Å²) < 4.78 is 10.9. The Morgan fingerprint density at radius 2 is 1.90 bits per heavy atom. The number of halogens is 1. The zero-order valence-electron chi connectivity index (χ0n) is 11.3. The van der Waals surface area contributed by atoms with Crippen LogP contribution in [-0.4, -0.2) is 24.3 Å². The Morgan fingerprint density at radius 1 is 1.10 bits per heavy atom. The third kappa shape index (κ3) is 4.77. The summed E-state index contributed by atoms with van der Waals surface area (Å²) in [7, 11) is 0. The van der Waals surface area contributed by atoms with E-state index in [-0.39, 0.29) is 5.56 Å². The Balaban J connectivity index is 1.74. The predicted molar refractivity (Wildman–Crippen MR) is 80.0 cm³/mol. The topological polar surface area (TPSA) is 55.8 Å². The van der Waals surface area contributed by atoms with E-state index in [0.29, 0.717) is 30.6 Å². The molecule has 0 heterocycles. The number of rotatable bonds is 7. The van der Waals surface area contributed by atoms with Crippen molar-refractivity contribution in [3.8, 4) is 5.75 Å². The highest BCUT2D eigenvalue weighted by molar-refractivity contribution is 6.31. The first-order valence-electron chi connectivity index (χ1n) is 6.44. The summed E-state index contributed by atoms with van der Waals surface area (Å²) in [6, 6.07) is 13.8. The quantitative estimate of drug-likeness (QED) is 0.794. The molecule has 110 valence electrons. The molecule has 21 heavy (non-hydrogen) atoms. The molecule has 0 radical (unpaired) electrons. The van der Waals surface area contributed by atoms with E-state index >= 15 is 0 Å². The van der Waals surface area contributed by atoms with Crippen molar-refractivity contribution in [1.29, 1.82) is 0 Å². The first-order chi connectivity index (χ1) is 10.2. The van der Waals surface area contributed by atoms with Crippen molar-refractivity contribution in [1.82, 2.24) is 0 Å². The molecule has 0 amide bonds. The van der Waals surface area contributed by atoms with Gasteiger partial charge >= 0.3 is 5.97 Å². The Bertz CT molecular complexity index is 613. The first-order valence-corrected chi connectivity index (χ1v) is 6.82. The van der Waals surface area contributed by atoms with Crippen molar-refractivity contribution in [2.75, 3.05) is 13.2 Å². The number of hydrogen-bond acceptors (Lipinski definition) is 3. The Labute approximate surface area is 127 Å². The van der Waals surface area contributed by atoms with E-state index in [0.717, 1.165) is 5.56 Å². The minimum absolute atomic E-state index is 0.199. The highest BCUT2D eigenvalue weighted by Gasteiger charge is 2.04. The van der Waals surface area contributed by atoms with Crippen molar-refractivity contribution in [3.63, 3.8) is 0 Å². The standard InChI is InChI=1S/C16H15ClO4/c17-15-7-2-1-4-13(15)11-20-8-9-21-14-6-3-5-12(10-14)16(18)19/h1-7,10H,8-9,11H2,(H,18,19). The second-order valence-corrected chi connectivity index (χ2v) is 4.73. The van der Waals surface area contributed by atoms with Gasteiger partial charge in [-0.3, -0.25) is 0 Å². The monoisotopic (exact) mass is 306 g/mol. The van der Waals surface area contributed by atoms with Gasteiger partial charge in [-0.15, -0.1) is 0 Å². The van der Waals surface area contributed by atoms with Crippen LogP contribution in [0, 0.1) is 0 Å². The van der Waals surface area contributed by atoms with Gasteiger partial charge in [0, 0.05) is 5.02 Å². The molecule has 0 aromatic heterocycles. The van der Waals surface area contributed by atoms with Gasteiger partial charge in [0.25, 0.3) is 0 Å². The minimum Gasteiger partial charge on any atom is -0.491 e. The largest absolute Gasteiger partial charge is 0.491 e. The summed E-state index contributed by atoms with van der Waals surface area (Å²) in [5.41, 5.74) is 1.12. The Morgan fingerprint density at radius 3 is 2.67 bits per heavy atom. The molecule has 0 fully saturated rings. The maximum Gasteiger partial charge on any atom is 0.335 e. The fourth-order valence-corrected chi connectivity index (χ4v) is 1.93. The van der Waals surface area contributed by atoms with E-state index < -0.39 is 5.97 Å². The highest BCUT2D eigenvalue weighted by atomic mass is 35.5. The second kappa shape index (κ2) is 7.67. The lowest BCUT2D eigenvalue weighted by Crippen LogP contribution is -2.07. The molecule has 0 spiro atoms. The molecule has 2 aromatic carbocycles. The molecule has 1 N–H and O–H groups in total. The fourth-order valence-electron chi connectivity index (χ4n) is 1.73. The van der Waals surface area contributed by atoms with E-state index in [1.165, 1.54) is 12.1 Å². The molecule has 2 rings (SSSR count). The van der Waals surface area contributed by atoms with Crippen LogP contribution in [0.3, 0.4) is 0 Å². The van der Waals surface area contributed by atoms with Crippen molar-refractivity contribution in [2.24, 2.45) is 0 Å². The molecule has 0 saturated carbocycles. The molecule has 2 aromatic rings. The van der Waals surface area contributed by atoms with E-state index in [1.54, 1.807) is 12.1 Å². The summed E-state index contributed by atoms with van der Waals surface area (Å²) in [5, 5.41) is 9.55. The molecule has 0 aliphatic rings. The number of ether oxygens (including phenoxy) is 2. The van der Waals surface area contributed by atoms with Gasteiger partial charge in [0.1, 0.15) is 12.4 Å². The van der Waals surface area contributed by atoms with Crippen LogP contribution in [0.25, 0.3) is 0 Å². The fraction of sp³-hybridized carbons (Fsp3) is 0.188. The second-order valence-electron chi connectivity index (χ2n) is 4.33. The van der Waals surface area contributed by atoms with E-state index in [4.69, 9.17) is 26.2 Å². The van der Waals surface area contributed by atoms with Crippen molar-refractivity contribution < 1.29 is 19.4 Å². The van der Waals surface area contributed by atoms with Crippen LogP contribution < -0.4 is 4.74 Å². The van der Waals surface area contributed by atoms with Gasteiger partial charge in [-0.2, -0.15) is 0 Å². The SMILES string of the molecule is O=C(O)c1cccc(OCCOCc2ccccc2Cl)c1. The minimum atomic E-state index is -0.976. The van der Waals surface area contributed by atoms with Crippen LogP contribution in [0.15, 0.2) is 48.5 Å². The van der Waals surface area contributed by atoms with E-state index in [9.17, 15) is 4.79 Å². The number of carboxylic acids is 1. The molecule has 0 unspecified atom stereocenters. The van der Waals surface area contributed by atoms with Crippen molar-refractivity contribution in [2.45, 2.75) is 6.61 Å². The zero-order chi connectivity index (χ0) is 15.1. The van der Waals surface area contributed by atoms with E-state index in [2.05, 4.69) is 0 Å². The maximum absolute atomic E-state index is 10.8. The molecular formula is C16H15ClO4. The highest BCUT2D eigenvalue weighted by Crippen LogP contribution is 2.16. The van der Waals surface area contributed by atoms with Gasteiger partial charge in [-0.1, -0.05) is 35.9 Å². The van der Waals surface area contributed by atoms with Crippen LogP contribution in [0.2, 0.25) is 5.02 Å². The lowest BCUT2D eigenvalue weighted by molar-refractivity contribution is 0.0695. The average Bonchev–Trinajstić information content (AvgIpc) is 2.49. The predicted octanol–water partition coefficient (Wildman–Crippen LogP) is 3.63. The average molecular weight is 307 g/mol. The number of benzene rings is 2. The summed E-state index contributed by atoms with van der Waals surface area (Å²) in [4.78, 5) is 10.8. The normalized spacial score (nSPS) is 10.3. The van der Waals surface area contributed by atoms with Gasteiger partial charge in [-0.25, -0.2) is 4.79 Å². The Hall–Kier alpha value is -2.04. The molecule has 0 atom stereocenters. The van der Waals surface area contributed by atoms with Crippen molar-refractivity contribution >= 4 is 17.6 Å². The van der Waals surface area contributed by atoms with Gasteiger partial charge < -0.3 is 14.6 Å². The number of aromatic carboxylic acids is 1. The van der Waals surface area contributed by atoms with Crippen LogP contribution in [0.4, 0.5) is 0 Å². The van der Waals surface area contributed by atoms with Gasteiger partial charge in [0.05, 0.1) is 18.8 Å². The third-order valence-electron chi connectivity index (χ3n) is 2.79. The third-order valence-corrected chi connectivity index (χ3v) is 3.16. The van der Waals surface area contributed by atoms with Crippen LogP contribution >= 0.6 is 11.6 Å². The molecule has 0 saturated heterocycles. The number of hydrogen-bond donors (Lipinski definition) is 1. The summed E-state index contributed by atoms with van der Waals surface area (Å²) in [5.74, 6) is -0.466. The van der Waals surface area contributed by atoms with Gasteiger partial charge in [-0.05, 0) is 29.8 Å². The molecule has 4 nitrogen and oxygen atoms in total. The lowest BCUT2D eigenvalue weighted by atomic mass is 10.2. The summed E-state index contributed by atoms with van der Waals surface area (Å²) in [6.45, 7) is 1.15. The summed E-state index contributed by atoms with van der Waals surface area (Å²) in [6.07, 6.45) is 0. The summed E-state index contributed by atoms with van der Waals surface area (Å²) >= 11 is 6.01. The molecule has 0 bridgehead atoms. The van der Waals surface area contributed by atoms with Gasteiger partial charge in [0.15, 0.2) is 0 Å². The Kier molecular flexibility index (Phi) is 5.60. The number of carboxylic acid groups (broad SMARTS) is 1. The van der Waals surface area contributed by atoms with E-state index in [1.807, 2.05) is 24.3 Å². The van der Waals surface area contributed by atoms with Crippen LogP contribution in [0.1, 0.15) is 15.9 Å². The lowest BCUT2D eigenvalue weighted by Gasteiger charge is -2.08.